The number of nitrogens with zero attached hydrogens (tertiary/aromatic N) is 1. The average molecular weight is 341 g/mol. The van der Waals surface area contributed by atoms with Gasteiger partial charge < -0.3 is 10.6 Å². The second kappa shape index (κ2) is 7.49. The summed E-state index contributed by atoms with van der Waals surface area (Å²) < 4.78 is 0. The topological polar surface area (TPSA) is 46.3 Å². The van der Waals surface area contributed by atoms with Gasteiger partial charge in [-0.15, -0.1) is 0 Å². The Morgan fingerprint density at radius 3 is 2.36 bits per heavy atom. The molecule has 1 aliphatic heterocycles. The molecule has 3 heteroatoms. The second-order valence-electron chi connectivity index (χ2n) is 8.50. The molecule has 3 aliphatic rings. The minimum atomic E-state index is 0.208. The Balaban J connectivity index is 1.54. The van der Waals surface area contributed by atoms with Crippen molar-refractivity contribution in [3.63, 3.8) is 0 Å². The Bertz CT molecular complexity index is 573. The van der Waals surface area contributed by atoms with E-state index in [1.54, 1.807) is 0 Å². The van der Waals surface area contributed by atoms with E-state index in [1.165, 1.54) is 37.7 Å². The molecule has 0 spiro atoms. The number of likely N-dealkylation sites (tertiary alicyclic amines) is 1. The van der Waals surface area contributed by atoms with Crippen LogP contribution in [0.1, 0.15) is 69.4 Å². The molecule has 1 aromatic rings. The van der Waals surface area contributed by atoms with Crippen LogP contribution in [0.15, 0.2) is 30.3 Å². The molecular formula is C22H32N2O. The molecule has 0 radical (unpaired) electrons. The lowest BCUT2D eigenvalue weighted by Gasteiger charge is -2.45. The smallest absolute Gasteiger partial charge is 0.226 e. The predicted molar refractivity (Wildman–Crippen MR) is 101 cm³/mol. The minimum absolute atomic E-state index is 0.208. The highest BCUT2D eigenvalue weighted by molar-refractivity contribution is 5.79. The first-order chi connectivity index (χ1) is 12.2. The molecule has 25 heavy (non-hydrogen) atoms. The lowest BCUT2D eigenvalue weighted by Crippen LogP contribution is -2.50. The van der Waals surface area contributed by atoms with Crippen molar-refractivity contribution in [2.45, 2.75) is 69.9 Å². The maximum atomic E-state index is 13.5. The third kappa shape index (κ3) is 3.48. The van der Waals surface area contributed by atoms with Gasteiger partial charge in [-0.3, -0.25) is 4.79 Å². The summed E-state index contributed by atoms with van der Waals surface area (Å²) in [5.41, 5.74) is 7.75. The van der Waals surface area contributed by atoms with Crippen LogP contribution in [-0.2, 0) is 4.79 Å². The summed E-state index contributed by atoms with van der Waals surface area (Å²) in [6.45, 7) is 0.927. The number of hydrogen-bond acceptors (Lipinski definition) is 2. The van der Waals surface area contributed by atoms with E-state index in [0.717, 1.165) is 32.2 Å². The summed E-state index contributed by atoms with van der Waals surface area (Å²) in [7, 11) is 0. The molecule has 3 nitrogen and oxygen atoms in total. The van der Waals surface area contributed by atoms with Crippen molar-refractivity contribution in [2.75, 3.05) is 6.54 Å². The van der Waals surface area contributed by atoms with Gasteiger partial charge in [0, 0.05) is 18.5 Å². The molecule has 2 bridgehead atoms. The standard InChI is InChI=1S/C22H32N2O/c23-21-17-10-7-11-18(21)15-19(14-17)22(25)24-13-6-2-5-12-20(24)16-8-3-1-4-9-16/h1,3-4,8-9,17-21H,2,5-7,10-15,23H2. The number of benzene rings is 1. The van der Waals surface area contributed by atoms with Gasteiger partial charge in [0.2, 0.25) is 5.91 Å². The Labute approximate surface area is 152 Å². The Kier molecular flexibility index (Phi) is 5.12. The zero-order chi connectivity index (χ0) is 17.2. The summed E-state index contributed by atoms with van der Waals surface area (Å²) in [5, 5.41) is 0. The lowest BCUT2D eigenvalue weighted by atomic mass is 9.65. The predicted octanol–water partition coefficient (Wildman–Crippen LogP) is 4.28. The van der Waals surface area contributed by atoms with Crippen molar-refractivity contribution in [3.8, 4) is 0 Å². The quantitative estimate of drug-likeness (QED) is 0.873. The molecule has 1 heterocycles. The highest BCUT2D eigenvalue weighted by Crippen LogP contribution is 2.43. The molecule has 1 amide bonds. The fourth-order valence-electron chi connectivity index (χ4n) is 5.62. The summed E-state index contributed by atoms with van der Waals surface area (Å²) in [6.07, 6.45) is 10.5. The van der Waals surface area contributed by atoms with Gasteiger partial charge in [-0.1, -0.05) is 49.6 Å². The molecule has 1 aromatic carbocycles. The third-order valence-electron chi connectivity index (χ3n) is 6.98. The van der Waals surface area contributed by atoms with E-state index in [9.17, 15) is 4.79 Å². The molecule has 136 valence electrons. The molecule has 0 aromatic heterocycles. The van der Waals surface area contributed by atoms with Crippen molar-refractivity contribution >= 4 is 5.91 Å². The van der Waals surface area contributed by atoms with Crippen molar-refractivity contribution in [1.82, 2.24) is 4.90 Å². The first-order valence-electron chi connectivity index (χ1n) is 10.3. The van der Waals surface area contributed by atoms with Crippen molar-refractivity contribution in [1.29, 1.82) is 0 Å². The lowest BCUT2D eigenvalue weighted by molar-refractivity contribution is -0.141. The summed E-state index contributed by atoms with van der Waals surface area (Å²) >= 11 is 0. The van der Waals surface area contributed by atoms with E-state index in [0.29, 0.717) is 23.8 Å². The zero-order valence-corrected chi connectivity index (χ0v) is 15.3. The average Bonchev–Trinajstić information content (AvgIpc) is 2.87. The molecule has 3 atom stereocenters. The van der Waals surface area contributed by atoms with Crippen LogP contribution >= 0.6 is 0 Å². The number of amides is 1. The number of fused-ring (bicyclic) bond motifs is 2. The van der Waals surface area contributed by atoms with Gasteiger partial charge in [-0.25, -0.2) is 0 Å². The Morgan fingerprint density at radius 1 is 0.920 bits per heavy atom. The van der Waals surface area contributed by atoms with Gasteiger partial charge in [0.05, 0.1) is 6.04 Å². The summed E-state index contributed by atoms with van der Waals surface area (Å²) in [4.78, 5) is 15.7. The van der Waals surface area contributed by atoms with Crippen molar-refractivity contribution < 1.29 is 4.79 Å². The maximum Gasteiger partial charge on any atom is 0.226 e. The van der Waals surface area contributed by atoms with Gasteiger partial charge in [0.25, 0.3) is 0 Å². The van der Waals surface area contributed by atoms with Crippen LogP contribution in [0.4, 0.5) is 0 Å². The first kappa shape index (κ1) is 17.1. The zero-order valence-electron chi connectivity index (χ0n) is 15.3. The molecule has 2 N–H and O–H groups in total. The van der Waals surface area contributed by atoms with Crippen LogP contribution in [0.3, 0.4) is 0 Å². The number of carbonyl (C=O) groups excluding carboxylic acids is 1. The van der Waals surface area contributed by atoms with Gasteiger partial charge in [0.1, 0.15) is 0 Å². The van der Waals surface area contributed by atoms with Crippen LogP contribution in [-0.4, -0.2) is 23.4 Å². The summed E-state index contributed by atoms with van der Waals surface area (Å²) in [6, 6.07) is 11.3. The van der Waals surface area contributed by atoms with Gasteiger partial charge in [-0.05, 0) is 55.9 Å². The van der Waals surface area contributed by atoms with E-state index >= 15 is 0 Å². The maximum absolute atomic E-state index is 13.5. The molecule has 2 saturated carbocycles. The molecule has 3 fully saturated rings. The Hall–Kier alpha value is -1.35. The van der Waals surface area contributed by atoms with Crippen LogP contribution in [0.25, 0.3) is 0 Å². The van der Waals surface area contributed by atoms with Crippen LogP contribution < -0.4 is 5.73 Å². The van der Waals surface area contributed by atoms with Crippen LogP contribution in [0.2, 0.25) is 0 Å². The van der Waals surface area contributed by atoms with Crippen molar-refractivity contribution in [3.05, 3.63) is 35.9 Å². The van der Waals surface area contributed by atoms with Crippen LogP contribution in [0.5, 0.6) is 0 Å². The minimum Gasteiger partial charge on any atom is -0.335 e. The first-order valence-corrected chi connectivity index (χ1v) is 10.3. The van der Waals surface area contributed by atoms with Gasteiger partial charge in [0.15, 0.2) is 0 Å². The highest BCUT2D eigenvalue weighted by atomic mass is 16.2. The second-order valence-corrected chi connectivity index (χ2v) is 8.50. The SMILES string of the molecule is NC1C2CCCC1CC(C(=O)N1CCCCCC1c1ccccc1)C2. The normalized spacial score (nSPS) is 35.9. The number of nitrogens with two attached hydrogens (primary N) is 1. The number of hydrogen-bond donors (Lipinski definition) is 1. The molecular weight excluding hydrogens is 308 g/mol. The van der Waals surface area contributed by atoms with Crippen LogP contribution in [0, 0.1) is 17.8 Å². The molecule has 3 unspecified atom stereocenters. The van der Waals surface area contributed by atoms with E-state index in [4.69, 9.17) is 5.73 Å². The van der Waals surface area contributed by atoms with Gasteiger partial charge in [-0.2, -0.15) is 0 Å². The van der Waals surface area contributed by atoms with Gasteiger partial charge >= 0.3 is 0 Å². The molecule has 1 saturated heterocycles. The summed E-state index contributed by atoms with van der Waals surface area (Å²) in [5.74, 6) is 1.77. The number of carbonyl (C=O) groups is 1. The van der Waals surface area contributed by atoms with E-state index < -0.39 is 0 Å². The molecule has 4 rings (SSSR count). The van der Waals surface area contributed by atoms with Crippen molar-refractivity contribution in [2.24, 2.45) is 23.5 Å². The molecule has 2 aliphatic carbocycles. The fourth-order valence-corrected chi connectivity index (χ4v) is 5.62. The highest BCUT2D eigenvalue weighted by Gasteiger charge is 2.42. The largest absolute Gasteiger partial charge is 0.335 e. The third-order valence-corrected chi connectivity index (χ3v) is 6.98. The fraction of sp³-hybridized carbons (Fsp3) is 0.682. The van der Waals surface area contributed by atoms with E-state index in [1.807, 2.05) is 0 Å². The number of rotatable bonds is 2. The monoisotopic (exact) mass is 340 g/mol. The Morgan fingerprint density at radius 2 is 1.64 bits per heavy atom. The van der Waals surface area contributed by atoms with E-state index in [2.05, 4.69) is 35.2 Å². The van der Waals surface area contributed by atoms with E-state index in [-0.39, 0.29) is 12.0 Å².